The van der Waals surface area contributed by atoms with Gasteiger partial charge < -0.3 is 10.4 Å². The molecule has 0 amide bonds. The standard InChI is InChI=1S/C12H18N2O/c1-13-11(10-5-2-3-8-14-10)12(9-15)6-4-7-12/h2-3,5,8,11,13,15H,4,6-7,9H2,1H3. The molecule has 1 atom stereocenters. The van der Waals surface area contributed by atoms with Gasteiger partial charge in [0.05, 0.1) is 18.3 Å². The maximum Gasteiger partial charge on any atom is 0.0579 e. The Hall–Kier alpha value is -0.930. The molecule has 1 aliphatic rings. The third-order valence-electron chi connectivity index (χ3n) is 3.55. The summed E-state index contributed by atoms with van der Waals surface area (Å²) < 4.78 is 0. The Kier molecular flexibility index (Phi) is 3.03. The Morgan fingerprint density at radius 3 is 2.73 bits per heavy atom. The van der Waals surface area contributed by atoms with Gasteiger partial charge in [-0.25, -0.2) is 0 Å². The van der Waals surface area contributed by atoms with Gasteiger partial charge in [0.25, 0.3) is 0 Å². The van der Waals surface area contributed by atoms with Crippen LogP contribution in [0.2, 0.25) is 0 Å². The molecule has 2 rings (SSSR count). The summed E-state index contributed by atoms with van der Waals surface area (Å²) in [6, 6.07) is 6.12. The molecule has 1 aromatic heterocycles. The van der Waals surface area contributed by atoms with Crippen molar-refractivity contribution in [2.24, 2.45) is 5.41 Å². The Bertz CT molecular complexity index is 303. The Balaban J connectivity index is 2.24. The third-order valence-corrected chi connectivity index (χ3v) is 3.55. The number of aromatic nitrogens is 1. The number of nitrogens with zero attached hydrogens (tertiary/aromatic N) is 1. The molecule has 0 aliphatic heterocycles. The maximum absolute atomic E-state index is 9.53. The van der Waals surface area contributed by atoms with Gasteiger partial charge in [-0.3, -0.25) is 4.98 Å². The monoisotopic (exact) mass is 206 g/mol. The quantitative estimate of drug-likeness (QED) is 0.784. The summed E-state index contributed by atoms with van der Waals surface area (Å²) in [5, 5.41) is 12.8. The molecule has 1 heterocycles. The summed E-state index contributed by atoms with van der Waals surface area (Å²) in [4.78, 5) is 4.37. The average molecular weight is 206 g/mol. The van der Waals surface area contributed by atoms with E-state index in [2.05, 4.69) is 10.3 Å². The van der Waals surface area contributed by atoms with Crippen molar-refractivity contribution in [2.45, 2.75) is 25.3 Å². The molecule has 0 bridgehead atoms. The van der Waals surface area contributed by atoms with Crippen LogP contribution in [0.4, 0.5) is 0 Å². The molecule has 1 aromatic rings. The summed E-state index contributed by atoms with van der Waals surface area (Å²) in [6.45, 7) is 0.245. The minimum atomic E-state index is 0.0170. The van der Waals surface area contributed by atoms with Crippen LogP contribution in [0.5, 0.6) is 0 Å². The molecular formula is C12H18N2O. The lowest BCUT2D eigenvalue weighted by Gasteiger charge is -2.46. The number of pyridine rings is 1. The number of nitrogens with one attached hydrogen (secondary N) is 1. The van der Waals surface area contributed by atoms with Crippen molar-refractivity contribution in [3.05, 3.63) is 30.1 Å². The minimum Gasteiger partial charge on any atom is -0.396 e. The van der Waals surface area contributed by atoms with Crippen LogP contribution in [-0.2, 0) is 0 Å². The molecule has 1 unspecified atom stereocenters. The first-order valence-corrected chi connectivity index (χ1v) is 5.51. The number of hydrogen-bond acceptors (Lipinski definition) is 3. The number of hydrogen-bond donors (Lipinski definition) is 2. The zero-order valence-corrected chi connectivity index (χ0v) is 9.11. The van der Waals surface area contributed by atoms with E-state index in [9.17, 15) is 5.11 Å². The molecule has 1 saturated carbocycles. The van der Waals surface area contributed by atoms with Crippen LogP contribution in [0.25, 0.3) is 0 Å². The van der Waals surface area contributed by atoms with E-state index in [1.54, 1.807) is 0 Å². The van der Waals surface area contributed by atoms with Crippen molar-refractivity contribution in [3.8, 4) is 0 Å². The van der Waals surface area contributed by atoms with Crippen LogP contribution in [0.1, 0.15) is 31.0 Å². The summed E-state index contributed by atoms with van der Waals surface area (Å²) in [7, 11) is 1.94. The fourth-order valence-corrected chi connectivity index (χ4v) is 2.48. The van der Waals surface area contributed by atoms with Crippen LogP contribution in [-0.4, -0.2) is 23.7 Å². The SMILES string of the molecule is CNC(c1ccccn1)C1(CO)CCC1. The van der Waals surface area contributed by atoms with Gasteiger partial charge in [-0.1, -0.05) is 12.5 Å². The van der Waals surface area contributed by atoms with E-state index in [1.165, 1.54) is 6.42 Å². The van der Waals surface area contributed by atoms with Gasteiger partial charge in [-0.05, 0) is 32.0 Å². The summed E-state index contributed by atoms with van der Waals surface area (Å²) in [5.74, 6) is 0. The van der Waals surface area contributed by atoms with Gasteiger partial charge in [0.1, 0.15) is 0 Å². The van der Waals surface area contributed by atoms with Gasteiger partial charge >= 0.3 is 0 Å². The second kappa shape index (κ2) is 4.29. The number of aliphatic hydroxyl groups excluding tert-OH is 1. The zero-order chi connectivity index (χ0) is 10.7. The Morgan fingerprint density at radius 1 is 1.53 bits per heavy atom. The fraction of sp³-hybridized carbons (Fsp3) is 0.583. The second-order valence-corrected chi connectivity index (χ2v) is 4.35. The van der Waals surface area contributed by atoms with Gasteiger partial charge in [-0.2, -0.15) is 0 Å². The van der Waals surface area contributed by atoms with Crippen LogP contribution in [0, 0.1) is 5.41 Å². The minimum absolute atomic E-state index is 0.0170. The lowest BCUT2D eigenvalue weighted by atomic mass is 9.63. The van der Waals surface area contributed by atoms with Gasteiger partial charge in [0.15, 0.2) is 0 Å². The van der Waals surface area contributed by atoms with E-state index in [0.717, 1.165) is 18.5 Å². The first kappa shape index (κ1) is 10.6. The molecule has 0 aromatic carbocycles. The topological polar surface area (TPSA) is 45.2 Å². The molecular weight excluding hydrogens is 188 g/mol. The second-order valence-electron chi connectivity index (χ2n) is 4.35. The smallest absolute Gasteiger partial charge is 0.0579 e. The van der Waals surface area contributed by atoms with Crippen molar-refractivity contribution in [3.63, 3.8) is 0 Å². The highest BCUT2D eigenvalue weighted by Gasteiger charge is 2.44. The summed E-state index contributed by atoms with van der Waals surface area (Å²) in [5.41, 5.74) is 1.05. The first-order chi connectivity index (χ1) is 7.32. The van der Waals surface area contributed by atoms with Crippen LogP contribution in [0.15, 0.2) is 24.4 Å². The average Bonchev–Trinajstić information content (AvgIpc) is 2.24. The lowest BCUT2D eigenvalue weighted by molar-refractivity contribution is 0.00647. The highest BCUT2D eigenvalue weighted by molar-refractivity contribution is 5.14. The van der Waals surface area contributed by atoms with E-state index in [0.29, 0.717) is 0 Å². The van der Waals surface area contributed by atoms with Crippen molar-refractivity contribution in [1.29, 1.82) is 0 Å². The lowest BCUT2D eigenvalue weighted by Crippen LogP contribution is -2.45. The zero-order valence-electron chi connectivity index (χ0n) is 9.11. The molecule has 0 radical (unpaired) electrons. The predicted octanol–water partition coefficient (Wildman–Crippen LogP) is 1.50. The molecule has 0 saturated heterocycles. The van der Waals surface area contributed by atoms with Crippen LogP contribution >= 0.6 is 0 Å². The normalized spacial score (nSPS) is 20.7. The van der Waals surface area contributed by atoms with Crippen molar-refractivity contribution >= 4 is 0 Å². The van der Waals surface area contributed by atoms with Crippen molar-refractivity contribution < 1.29 is 5.11 Å². The Labute approximate surface area is 90.5 Å². The first-order valence-electron chi connectivity index (χ1n) is 5.51. The van der Waals surface area contributed by atoms with Crippen molar-refractivity contribution in [1.82, 2.24) is 10.3 Å². The maximum atomic E-state index is 9.53. The molecule has 1 fully saturated rings. The van der Waals surface area contributed by atoms with Crippen molar-refractivity contribution in [2.75, 3.05) is 13.7 Å². The predicted molar refractivity (Wildman–Crippen MR) is 59.4 cm³/mol. The molecule has 15 heavy (non-hydrogen) atoms. The van der Waals surface area contributed by atoms with Gasteiger partial charge in [0, 0.05) is 11.6 Å². The van der Waals surface area contributed by atoms with E-state index in [-0.39, 0.29) is 18.1 Å². The number of aliphatic hydroxyl groups is 1. The van der Waals surface area contributed by atoms with E-state index in [4.69, 9.17) is 0 Å². The fourth-order valence-electron chi connectivity index (χ4n) is 2.48. The van der Waals surface area contributed by atoms with Crippen LogP contribution < -0.4 is 5.32 Å². The third kappa shape index (κ3) is 1.77. The number of rotatable bonds is 4. The van der Waals surface area contributed by atoms with E-state index in [1.807, 2.05) is 31.4 Å². The van der Waals surface area contributed by atoms with E-state index >= 15 is 0 Å². The largest absolute Gasteiger partial charge is 0.396 e. The van der Waals surface area contributed by atoms with Crippen LogP contribution in [0.3, 0.4) is 0 Å². The molecule has 2 N–H and O–H groups in total. The molecule has 1 aliphatic carbocycles. The molecule has 0 spiro atoms. The molecule has 82 valence electrons. The highest BCUT2D eigenvalue weighted by Crippen LogP contribution is 2.49. The summed E-state index contributed by atoms with van der Waals surface area (Å²) in [6.07, 6.45) is 5.20. The van der Waals surface area contributed by atoms with Gasteiger partial charge in [-0.15, -0.1) is 0 Å². The van der Waals surface area contributed by atoms with Gasteiger partial charge in [0.2, 0.25) is 0 Å². The highest BCUT2D eigenvalue weighted by atomic mass is 16.3. The molecule has 3 heteroatoms. The summed E-state index contributed by atoms with van der Waals surface area (Å²) >= 11 is 0. The Morgan fingerprint density at radius 2 is 2.33 bits per heavy atom. The van der Waals surface area contributed by atoms with E-state index < -0.39 is 0 Å². The molecule has 3 nitrogen and oxygen atoms in total.